The summed E-state index contributed by atoms with van der Waals surface area (Å²) < 4.78 is 5.27. The Bertz CT molecular complexity index is 469. The van der Waals surface area contributed by atoms with E-state index in [1.54, 1.807) is 7.11 Å². The number of ether oxygens (including phenoxy) is 1. The molecular formula is C14H17NO2. The van der Waals surface area contributed by atoms with E-state index in [2.05, 4.69) is 17.4 Å². The number of fused-ring (bicyclic) bond motifs is 2. The van der Waals surface area contributed by atoms with Crippen LogP contribution in [0.5, 0.6) is 5.75 Å². The molecule has 1 aliphatic heterocycles. The zero-order valence-electron chi connectivity index (χ0n) is 10.1. The van der Waals surface area contributed by atoms with E-state index < -0.39 is 0 Å². The quantitative estimate of drug-likeness (QED) is 0.800. The van der Waals surface area contributed by atoms with Gasteiger partial charge in [0, 0.05) is 18.4 Å². The van der Waals surface area contributed by atoms with Crippen LogP contribution in [0.4, 0.5) is 0 Å². The maximum absolute atomic E-state index is 11.5. The summed E-state index contributed by atoms with van der Waals surface area (Å²) in [7, 11) is 1.70. The first-order valence-electron chi connectivity index (χ1n) is 6.18. The molecule has 1 saturated heterocycles. The fourth-order valence-electron chi connectivity index (χ4n) is 3.24. The molecule has 1 atom stereocenters. The normalized spacial score (nSPS) is 26.8. The number of carbonyl (C=O) groups excluding carboxylic acids is 1. The third-order valence-corrected chi connectivity index (χ3v) is 4.11. The minimum Gasteiger partial charge on any atom is -0.497 e. The average molecular weight is 231 g/mol. The molecule has 1 amide bonds. The number of methoxy groups -OCH3 is 1. The fraction of sp³-hybridized carbons (Fsp3) is 0.500. The van der Waals surface area contributed by atoms with Gasteiger partial charge in [-0.1, -0.05) is 6.07 Å². The third kappa shape index (κ3) is 1.61. The standard InChI is InChI=1S/C14H17NO2/c1-17-11-4-5-12-10(7-11)3-2-6-14(12)8-13(16)15-9-14/h4-5,7H,2-3,6,8-9H2,1H3,(H,15,16). The minimum absolute atomic E-state index is 0.0525. The Morgan fingerprint density at radius 3 is 3.00 bits per heavy atom. The highest BCUT2D eigenvalue weighted by Crippen LogP contribution is 2.42. The number of nitrogens with one attached hydrogen (secondary N) is 1. The Balaban J connectivity index is 2.05. The summed E-state index contributed by atoms with van der Waals surface area (Å²) in [6.07, 6.45) is 4.02. The highest BCUT2D eigenvalue weighted by atomic mass is 16.5. The molecule has 3 rings (SSSR count). The number of hydrogen-bond acceptors (Lipinski definition) is 2. The molecule has 0 saturated carbocycles. The second-order valence-electron chi connectivity index (χ2n) is 5.11. The smallest absolute Gasteiger partial charge is 0.220 e. The van der Waals surface area contributed by atoms with Crippen molar-refractivity contribution < 1.29 is 9.53 Å². The molecule has 1 aromatic rings. The molecule has 1 aliphatic carbocycles. The average Bonchev–Trinajstić information content (AvgIpc) is 2.71. The van der Waals surface area contributed by atoms with Crippen LogP contribution in [0.25, 0.3) is 0 Å². The van der Waals surface area contributed by atoms with E-state index in [4.69, 9.17) is 4.74 Å². The summed E-state index contributed by atoms with van der Waals surface area (Å²) in [6.45, 7) is 0.797. The Morgan fingerprint density at radius 1 is 1.41 bits per heavy atom. The van der Waals surface area contributed by atoms with Gasteiger partial charge in [0.05, 0.1) is 7.11 Å². The molecule has 0 aromatic heterocycles. The number of amides is 1. The van der Waals surface area contributed by atoms with Crippen LogP contribution < -0.4 is 10.1 Å². The van der Waals surface area contributed by atoms with Crippen molar-refractivity contribution >= 4 is 5.91 Å². The summed E-state index contributed by atoms with van der Waals surface area (Å²) in [5, 5.41) is 2.98. The first kappa shape index (κ1) is 10.6. The van der Waals surface area contributed by atoms with E-state index in [9.17, 15) is 4.79 Å². The van der Waals surface area contributed by atoms with Crippen molar-refractivity contribution in [3.05, 3.63) is 29.3 Å². The van der Waals surface area contributed by atoms with Crippen molar-refractivity contribution in [2.45, 2.75) is 31.1 Å². The van der Waals surface area contributed by atoms with Crippen LogP contribution in [0.1, 0.15) is 30.4 Å². The van der Waals surface area contributed by atoms with Gasteiger partial charge in [-0.15, -0.1) is 0 Å². The molecule has 1 spiro atoms. The number of carbonyl (C=O) groups is 1. The molecule has 1 fully saturated rings. The van der Waals surface area contributed by atoms with Crippen molar-refractivity contribution in [2.24, 2.45) is 0 Å². The molecular weight excluding hydrogens is 214 g/mol. The van der Waals surface area contributed by atoms with E-state index in [1.807, 2.05) is 6.07 Å². The van der Waals surface area contributed by atoms with Crippen molar-refractivity contribution in [3.63, 3.8) is 0 Å². The Labute approximate surface area is 101 Å². The van der Waals surface area contributed by atoms with E-state index in [0.29, 0.717) is 6.42 Å². The maximum Gasteiger partial charge on any atom is 0.220 e. The Hall–Kier alpha value is -1.51. The predicted molar refractivity (Wildman–Crippen MR) is 65.2 cm³/mol. The lowest BCUT2D eigenvalue weighted by atomic mass is 9.69. The first-order valence-corrected chi connectivity index (χ1v) is 6.18. The second kappa shape index (κ2) is 3.76. The van der Waals surface area contributed by atoms with Gasteiger partial charge >= 0.3 is 0 Å². The Morgan fingerprint density at radius 2 is 2.29 bits per heavy atom. The lowest BCUT2D eigenvalue weighted by molar-refractivity contribution is -0.119. The lowest BCUT2D eigenvalue weighted by Gasteiger charge is -2.34. The maximum atomic E-state index is 11.5. The molecule has 90 valence electrons. The Kier molecular flexibility index (Phi) is 2.35. The summed E-state index contributed by atoms with van der Waals surface area (Å²) in [6, 6.07) is 6.28. The van der Waals surface area contributed by atoms with Gasteiger partial charge in [-0.25, -0.2) is 0 Å². The van der Waals surface area contributed by atoms with Crippen LogP contribution in [0.2, 0.25) is 0 Å². The molecule has 0 radical (unpaired) electrons. The summed E-state index contributed by atoms with van der Waals surface area (Å²) in [5.41, 5.74) is 2.76. The highest BCUT2D eigenvalue weighted by molar-refractivity contribution is 5.81. The number of rotatable bonds is 1. The van der Waals surface area contributed by atoms with E-state index >= 15 is 0 Å². The van der Waals surface area contributed by atoms with Crippen molar-refractivity contribution in [1.29, 1.82) is 0 Å². The zero-order valence-corrected chi connectivity index (χ0v) is 10.1. The van der Waals surface area contributed by atoms with Gasteiger partial charge in [-0.05, 0) is 42.5 Å². The van der Waals surface area contributed by atoms with Crippen LogP contribution in [0.3, 0.4) is 0 Å². The van der Waals surface area contributed by atoms with Gasteiger partial charge in [-0.2, -0.15) is 0 Å². The SMILES string of the molecule is COc1ccc2c(c1)CCCC21CNC(=O)C1. The highest BCUT2D eigenvalue weighted by Gasteiger charge is 2.42. The van der Waals surface area contributed by atoms with Crippen LogP contribution >= 0.6 is 0 Å². The predicted octanol–water partition coefficient (Wildman–Crippen LogP) is 1.79. The van der Waals surface area contributed by atoms with Crippen LogP contribution in [-0.2, 0) is 16.6 Å². The summed E-state index contributed by atoms with van der Waals surface area (Å²) in [4.78, 5) is 11.5. The third-order valence-electron chi connectivity index (χ3n) is 4.11. The van der Waals surface area contributed by atoms with Crippen LogP contribution in [0.15, 0.2) is 18.2 Å². The fourth-order valence-corrected chi connectivity index (χ4v) is 3.24. The van der Waals surface area contributed by atoms with Gasteiger partial charge in [0.15, 0.2) is 0 Å². The molecule has 1 heterocycles. The molecule has 3 heteroatoms. The molecule has 1 N–H and O–H groups in total. The number of hydrogen-bond donors (Lipinski definition) is 1. The topological polar surface area (TPSA) is 38.3 Å². The van der Waals surface area contributed by atoms with Crippen molar-refractivity contribution in [3.8, 4) is 5.75 Å². The summed E-state index contributed by atoms with van der Waals surface area (Å²) >= 11 is 0. The van der Waals surface area contributed by atoms with Gasteiger partial charge in [0.1, 0.15) is 5.75 Å². The molecule has 2 aliphatic rings. The van der Waals surface area contributed by atoms with Crippen molar-refractivity contribution in [2.75, 3.05) is 13.7 Å². The largest absolute Gasteiger partial charge is 0.497 e. The summed E-state index contributed by atoms with van der Waals surface area (Å²) in [5.74, 6) is 1.10. The molecule has 1 unspecified atom stereocenters. The second-order valence-corrected chi connectivity index (χ2v) is 5.11. The van der Waals surface area contributed by atoms with Gasteiger partial charge in [0.2, 0.25) is 5.91 Å². The molecule has 0 bridgehead atoms. The number of benzene rings is 1. The minimum atomic E-state index is 0.0525. The van der Waals surface area contributed by atoms with Crippen LogP contribution in [0, 0.1) is 0 Å². The van der Waals surface area contributed by atoms with E-state index in [-0.39, 0.29) is 11.3 Å². The zero-order chi connectivity index (χ0) is 11.9. The van der Waals surface area contributed by atoms with Gasteiger partial charge < -0.3 is 10.1 Å². The van der Waals surface area contributed by atoms with E-state index in [0.717, 1.165) is 31.6 Å². The van der Waals surface area contributed by atoms with Crippen LogP contribution in [-0.4, -0.2) is 19.6 Å². The molecule has 1 aromatic carbocycles. The monoisotopic (exact) mass is 231 g/mol. The first-order chi connectivity index (χ1) is 8.23. The number of aryl methyl sites for hydroxylation is 1. The van der Waals surface area contributed by atoms with Gasteiger partial charge in [0.25, 0.3) is 0 Å². The molecule has 3 nitrogen and oxygen atoms in total. The lowest BCUT2D eigenvalue weighted by Crippen LogP contribution is -2.33. The van der Waals surface area contributed by atoms with E-state index in [1.165, 1.54) is 11.1 Å². The van der Waals surface area contributed by atoms with Gasteiger partial charge in [-0.3, -0.25) is 4.79 Å². The molecule has 17 heavy (non-hydrogen) atoms. The van der Waals surface area contributed by atoms with Crippen molar-refractivity contribution in [1.82, 2.24) is 5.32 Å².